The maximum atomic E-state index is 14.8. The van der Waals surface area contributed by atoms with Crippen molar-refractivity contribution in [3.63, 3.8) is 0 Å². The largest absolute Gasteiger partial charge is 0.444 e. The second-order valence-electron chi connectivity index (χ2n) is 14.0. The first-order valence-corrected chi connectivity index (χ1v) is 15.5. The second-order valence-corrected chi connectivity index (χ2v) is 14.0. The number of aromatic nitrogens is 4. The number of piperidine rings is 1. The third-order valence-electron chi connectivity index (χ3n) is 8.24. The number of nitrogens with zero attached hydrogens (tertiary/aromatic N) is 7. The van der Waals surface area contributed by atoms with Gasteiger partial charge in [-0.2, -0.15) is 4.98 Å². The molecule has 2 aromatic heterocycles. The SMILES string of the molecule is CN(C(=O)c1cnc(N2CC(NC(=O)OC(C)(C)C)C(c3cc(F)ccc3F)C2)nc1)C1CCN(c2nc(C(C)(C)C)no2)CC1. The van der Waals surface area contributed by atoms with Gasteiger partial charge in [0.15, 0.2) is 5.82 Å². The molecule has 2 aliphatic rings. The van der Waals surface area contributed by atoms with E-state index in [9.17, 15) is 18.4 Å². The molecule has 0 saturated carbocycles. The van der Waals surface area contributed by atoms with Crippen LogP contribution >= 0.6 is 0 Å². The molecule has 2 saturated heterocycles. The average Bonchev–Trinajstić information content (AvgIpc) is 3.65. The van der Waals surface area contributed by atoms with Gasteiger partial charge in [-0.1, -0.05) is 25.9 Å². The van der Waals surface area contributed by atoms with Crippen molar-refractivity contribution in [2.45, 2.75) is 83.4 Å². The molecular formula is C32H42F2N8O4. The summed E-state index contributed by atoms with van der Waals surface area (Å²) in [6.45, 7) is 13.1. The zero-order chi connectivity index (χ0) is 33.4. The van der Waals surface area contributed by atoms with Crippen LogP contribution in [-0.2, 0) is 10.2 Å². The average molecular weight is 641 g/mol. The van der Waals surface area contributed by atoms with Gasteiger partial charge in [0.2, 0.25) is 5.95 Å². The van der Waals surface area contributed by atoms with Crippen molar-refractivity contribution in [1.29, 1.82) is 0 Å². The van der Waals surface area contributed by atoms with Crippen molar-refractivity contribution >= 4 is 24.0 Å². The smallest absolute Gasteiger partial charge is 0.407 e. The van der Waals surface area contributed by atoms with Gasteiger partial charge >= 0.3 is 12.1 Å². The van der Waals surface area contributed by atoms with E-state index >= 15 is 0 Å². The molecule has 2 aliphatic heterocycles. The number of alkyl carbamates (subject to hydrolysis) is 1. The quantitative estimate of drug-likeness (QED) is 0.406. The van der Waals surface area contributed by atoms with Gasteiger partial charge in [-0.05, 0) is 57.4 Å². The molecule has 1 aromatic carbocycles. The van der Waals surface area contributed by atoms with E-state index in [-0.39, 0.29) is 36.0 Å². The van der Waals surface area contributed by atoms with Crippen LogP contribution in [0.2, 0.25) is 0 Å². The maximum Gasteiger partial charge on any atom is 0.407 e. The van der Waals surface area contributed by atoms with Crippen LogP contribution in [0.5, 0.6) is 0 Å². The molecular weight excluding hydrogens is 598 g/mol. The van der Waals surface area contributed by atoms with Gasteiger partial charge in [-0.3, -0.25) is 4.79 Å². The minimum absolute atomic E-state index is 0.00799. The molecule has 0 spiro atoms. The standard InChI is InChI=1S/C32H42F2N8O4/c1-31(2,3)27-38-29(46-39-27)41-12-10-21(11-13-41)40(7)26(43)19-15-35-28(36-16-19)42-17-23(22-14-20(33)8-9-24(22)34)25(18-42)37-30(44)45-32(4,5)6/h8-9,14-16,21,23,25H,10-13,17-18H2,1-7H3,(H,37,44). The highest BCUT2D eigenvalue weighted by molar-refractivity contribution is 5.93. The van der Waals surface area contributed by atoms with Crippen molar-refractivity contribution in [2.24, 2.45) is 0 Å². The van der Waals surface area contributed by atoms with Crippen LogP contribution in [0.1, 0.15) is 82.0 Å². The van der Waals surface area contributed by atoms with Crippen LogP contribution < -0.4 is 15.1 Å². The number of halogens is 2. The highest BCUT2D eigenvalue weighted by Crippen LogP contribution is 2.32. The van der Waals surface area contributed by atoms with Crippen molar-refractivity contribution < 1.29 is 27.6 Å². The number of carbonyl (C=O) groups excluding carboxylic acids is 2. The van der Waals surface area contributed by atoms with Crippen LogP contribution in [-0.4, -0.2) is 87.9 Å². The topological polar surface area (TPSA) is 130 Å². The molecule has 0 aliphatic carbocycles. The molecule has 4 heterocycles. The molecule has 14 heteroatoms. The second kappa shape index (κ2) is 12.8. The summed E-state index contributed by atoms with van der Waals surface area (Å²) < 4.78 is 39.9. The van der Waals surface area contributed by atoms with Crippen molar-refractivity contribution in [3.05, 3.63) is 59.2 Å². The third kappa shape index (κ3) is 7.53. The van der Waals surface area contributed by atoms with Gasteiger partial charge in [0.05, 0.1) is 11.6 Å². The lowest BCUT2D eigenvalue weighted by Gasteiger charge is -2.35. The summed E-state index contributed by atoms with van der Waals surface area (Å²) >= 11 is 0. The van der Waals surface area contributed by atoms with E-state index < -0.39 is 35.3 Å². The van der Waals surface area contributed by atoms with Gasteiger partial charge in [-0.15, -0.1) is 0 Å². The van der Waals surface area contributed by atoms with Gasteiger partial charge < -0.3 is 29.3 Å². The van der Waals surface area contributed by atoms with Crippen LogP contribution in [0, 0.1) is 11.6 Å². The molecule has 2 amide bonds. The number of benzene rings is 1. The zero-order valence-electron chi connectivity index (χ0n) is 27.4. The molecule has 12 nitrogen and oxygen atoms in total. The first kappa shape index (κ1) is 33.0. The Balaban J connectivity index is 1.23. The fraction of sp³-hybridized carbons (Fsp3) is 0.562. The molecule has 3 aromatic rings. The van der Waals surface area contributed by atoms with Crippen molar-refractivity contribution in [2.75, 3.05) is 43.0 Å². The Labute approximate surface area is 267 Å². The van der Waals surface area contributed by atoms with Crippen LogP contribution in [0.15, 0.2) is 35.1 Å². The normalized spacial score (nSPS) is 19.3. The summed E-state index contributed by atoms with van der Waals surface area (Å²) in [4.78, 5) is 45.0. The molecule has 2 unspecified atom stereocenters. The van der Waals surface area contributed by atoms with E-state index in [2.05, 4.69) is 25.4 Å². The number of anilines is 2. The summed E-state index contributed by atoms with van der Waals surface area (Å²) in [5, 5.41) is 6.92. The van der Waals surface area contributed by atoms with Crippen LogP contribution in [0.25, 0.3) is 0 Å². The van der Waals surface area contributed by atoms with Crippen molar-refractivity contribution in [3.8, 4) is 0 Å². The molecule has 2 fully saturated rings. The summed E-state index contributed by atoms with van der Waals surface area (Å²) in [5.74, 6) is -1.01. The molecule has 46 heavy (non-hydrogen) atoms. The van der Waals surface area contributed by atoms with E-state index in [1.165, 1.54) is 12.4 Å². The Bertz CT molecular complexity index is 1540. The van der Waals surface area contributed by atoms with E-state index in [0.29, 0.717) is 36.4 Å². The van der Waals surface area contributed by atoms with Crippen molar-refractivity contribution in [1.82, 2.24) is 30.3 Å². The van der Waals surface area contributed by atoms with Gasteiger partial charge in [0, 0.05) is 63.0 Å². The minimum atomic E-state index is -0.734. The number of carbonyl (C=O) groups is 2. The Kier molecular flexibility index (Phi) is 9.19. The summed E-state index contributed by atoms with van der Waals surface area (Å²) in [7, 11) is 1.77. The lowest BCUT2D eigenvalue weighted by molar-refractivity contribution is 0.0504. The van der Waals surface area contributed by atoms with Gasteiger partial charge in [-0.25, -0.2) is 23.5 Å². The Morgan fingerprint density at radius 1 is 1.02 bits per heavy atom. The fourth-order valence-electron chi connectivity index (χ4n) is 5.74. The molecule has 248 valence electrons. The van der Waals surface area contributed by atoms with E-state index in [1.54, 1.807) is 37.6 Å². The first-order chi connectivity index (χ1) is 21.6. The maximum absolute atomic E-state index is 14.8. The number of nitrogens with one attached hydrogen (secondary N) is 1. The predicted molar refractivity (Wildman–Crippen MR) is 167 cm³/mol. The highest BCUT2D eigenvalue weighted by atomic mass is 19.1. The van der Waals surface area contributed by atoms with E-state index in [1.807, 2.05) is 25.7 Å². The molecule has 5 rings (SSSR count). The molecule has 0 bridgehead atoms. The first-order valence-electron chi connectivity index (χ1n) is 15.5. The van der Waals surface area contributed by atoms with E-state index in [0.717, 1.165) is 31.0 Å². The lowest BCUT2D eigenvalue weighted by Crippen LogP contribution is -2.45. The Morgan fingerprint density at radius 2 is 1.70 bits per heavy atom. The predicted octanol–water partition coefficient (Wildman–Crippen LogP) is 4.67. The van der Waals surface area contributed by atoms with E-state index in [4.69, 9.17) is 9.26 Å². The fourth-order valence-corrected chi connectivity index (χ4v) is 5.74. The summed E-state index contributed by atoms with van der Waals surface area (Å²) in [6, 6.07) is 3.16. The van der Waals surface area contributed by atoms with Gasteiger partial charge in [0.25, 0.3) is 5.91 Å². The summed E-state index contributed by atoms with van der Waals surface area (Å²) in [6.07, 6.45) is 3.73. The van der Waals surface area contributed by atoms with Crippen LogP contribution in [0.3, 0.4) is 0 Å². The zero-order valence-corrected chi connectivity index (χ0v) is 27.4. The third-order valence-corrected chi connectivity index (χ3v) is 8.24. The Morgan fingerprint density at radius 3 is 2.30 bits per heavy atom. The molecule has 1 N–H and O–H groups in total. The molecule has 2 atom stereocenters. The number of ether oxygens (including phenoxy) is 1. The number of hydrogen-bond donors (Lipinski definition) is 1. The Hall–Kier alpha value is -4.36. The monoisotopic (exact) mass is 640 g/mol. The molecule has 0 radical (unpaired) electrons. The lowest BCUT2D eigenvalue weighted by atomic mass is 9.94. The highest BCUT2D eigenvalue weighted by Gasteiger charge is 2.39. The number of hydrogen-bond acceptors (Lipinski definition) is 10. The van der Waals surface area contributed by atoms with Gasteiger partial charge in [0.1, 0.15) is 17.2 Å². The summed E-state index contributed by atoms with van der Waals surface area (Å²) in [5.41, 5.74) is -0.479. The van der Waals surface area contributed by atoms with Crippen LogP contribution in [0.4, 0.5) is 25.5 Å². The number of rotatable bonds is 6. The minimum Gasteiger partial charge on any atom is -0.444 e. The number of amides is 2.